The number of carboxylic acid groups (broad SMARTS) is 3. The highest BCUT2D eigenvalue weighted by Crippen LogP contribution is 1.96. The SMILES string of the molecule is C=CC(=O)O.C=CC(=O)O.CCC.O=C(O)c1ccccc1. The van der Waals surface area contributed by atoms with E-state index in [1.165, 1.54) is 6.42 Å². The van der Waals surface area contributed by atoms with Crippen LogP contribution in [0.5, 0.6) is 0 Å². The monoisotopic (exact) mass is 310 g/mol. The van der Waals surface area contributed by atoms with Crippen molar-refractivity contribution in [3.8, 4) is 0 Å². The van der Waals surface area contributed by atoms with Gasteiger partial charge < -0.3 is 15.3 Å². The van der Waals surface area contributed by atoms with Crippen LogP contribution in [0.2, 0.25) is 0 Å². The van der Waals surface area contributed by atoms with E-state index < -0.39 is 17.9 Å². The Hall–Kier alpha value is -2.89. The largest absolute Gasteiger partial charge is 0.478 e. The van der Waals surface area contributed by atoms with Crippen LogP contribution in [0.3, 0.4) is 0 Å². The van der Waals surface area contributed by atoms with Crippen LogP contribution in [-0.4, -0.2) is 33.2 Å². The van der Waals surface area contributed by atoms with E-state index in [9.17, 15) is 14.4 Å². The Morgan fingerprint density at radius 2 is 1.18 bits per heavy atom. The highest BCUT2D eigenvalue weighted by atomic mass is 16.4. The molecule has 0 fully saturated rings. The minimum absolute atomic E-state index is 0.331. The molecule has 0 aliphatic heterocycles. The van der Waals surface area contributed by atoms with Crippen LogP contribution in [0.15, 0.2) is 55.6 Å². The smallest absolute Gasteiger partial charge is 0.335 e. The molecule has 22 heavy (non-hydrogen) atoms. The fourth-order valence-electron chi connectivity index (χ4n) is 0.581. The second-order valence-electron chi connectivity index (χ2n) is 3.46. The molecule has 1 aromatic rings. The van der Waals surface area contributed by atoms with Crippen LogP contribution in [-0.2, 0) is 9.59 Å². The van der Waals surface area contributed by atoms with E-state index in [0.29, 0.717) is 5.56 Å². The third-order valence-corrected chi connectivity index (χ3v) is 1.37. The van der Waals surface area contributed by atoms with Gasteiger partial charge in [0.25, 0.3) is 0 Å². The van der Waals surface area contributed by atoms with Crippen molar-refractivity contribution < 1.29 is 29.7 Å². The summed E-state index contributed by atoms with van der Waals surface area (Å²) in [5, 5.41) is 23.6. The molecular formula is C16H22O6. The Morgan fingerprint density at radius 3 is 1.32 bits per heavy atom. The Morgan fingerprint density at radius 1 is 0.909 bits per heavy atom. The summed E-state index contributed by atoms with van der Waals surface area (Å²) in [6.45, 7) is 10.2. The van der Waals surface area contributed by atoms with Gasteiger partial charge in [0.05, 0.1) is 5.56 Å². The van der Waals surface area contributed by atoms with Gasteiger partial charge in [-0.05, 0) is 12.1 Å². The molecule has 0 aliphatic carbocycles. The molecule has 0 aromatic heterocycles. The van der Waals surface area contributed by atoms with Gasteiger partial charge in [-0.1, -0.05) is 51.6 Å². The number of aromatic carboxylic acids is 1. The number of carboxylic acids is 3. The normalized spacial score (nSPS) is 7.36. The first-order chi connectivity index (χ1) is 10.3. The standard InChI is InChI=1S/C7H6O2.2C3H4O2.C3H8/c8-7(9)6-4-2-1-3-5-6;2*1-2-3(4)5;1-3-2/h1-5H,(H,8,9);2*2H,1H2,(H,4,5);3H2,1-2H3. The lowest BCUT2D eigenvalue weighted by atomic mass is 10.2. The predicted molar refractivity (Wildman–Crippen MR) is 85.0 cm³/mol. The van der Waals surface area contributed by atoms with E-state index in [0.717, 1.165) is 12.2 Å². The van der Waals surface area contributed by atoms with Crippen LogP contribution in [0.25, 0.3) is 0 Å². The second-order valence-corrected chi connectivity index (χ2v) is 3.46. The zero-order valence-electron chi connectivity index (χ0n) is 12.7. The van der Waals surface area contributed by atoms with Crippen molar-refractivity contribution in [2.45, 2.75) is 20.3 Å². The zero-order chi connectivity index (χ0) is 18.0. The van der Waals surface area contributed by atoms with E-state index in [1.807, 2.05) is 0 Å². The summed E-state index contributed by atoms with van der Waals surface area (Å²) in [5.41, 5.74) is 0.331. The summed E-state index contributed by atoms with van der Waals surface area (Å²) in [4.78, 5) is 28.7. The third kappa shape index (κ3) is 25.8. The molecule has 0 saturated heterocycles. The zero-order valence-corrected chi connectivity index (χ0v) is 12.7. The van der Waals surface area contributed by atoms with Crippen molar-refractivity contribution in [1.82, 2.24) is 0 Å². The van der Waals surface area contributed by atoms with E-state index in [2.05, 4.69) is 27.0 Å². The topological polar surface area (TPSA) is 112 Å². The average molecular weight is 310 g/mol. The molecule has 0 amide bonds. The Labute approximate surface area is 130 Å². The molecule has 3 N–H and O–H groups in total. The average Bonchev–Trinajstić information content (AvgIpc) is 2.50. The summed E-state index contributed by atoms with van der Waals surface area (Å²) in [6, 6.07) is 8.30. The molecule has 0 saturated carbocycles. The molecule has 6 nitrogen and oxygen atoms in total. The summed E-state index contributed by atoms with van der Waals surface area (Å²) in [5.74, 6) is -2.84. The number of benzene rings is 1. The molecular weight excluding hydrogens is 288 g/mol. The fourth-order valence-corrected chi connectivity index (χ4v) is 0.581. The molecule has 0 radical (unpaired) electrons. The van der Waals surface area contributed by atoms with E-state index in [-0.39, 0.29) is 0 Å². The first-order valence-electron chi connectivity index (χ1n) is 6.25. The van der Waals surface area contributed by atoms with E-state index in [1.54, 1.807) is 30.3 Å². The highest BCUT2D eigenvalue weighted by Gasteiger charge is 1.96. The summed E-state index contributed by atoms with van der Waals surface area (Å²) in [7, 11) is 0. The van der Waals surface area contributed by atoms with Crippen LogP contribution >= 0.6 is 0 Å². The van der Waals surface area contributed by atoms with Crippen molar-refractivity contribution in [1.29, 1.82) is 0 Å². The van der Waals surface area contributed by atoms with Gasteiger partial charge in [0.1, 0.15) is 0 Å². The lowest BCUT2D eigenvalue weighted by Crippen LogP contribution is -1.93. The van der Waals surface area contributed by atoms with Gasteiger partial charge >= 0.3 is 17.9 Å². The number of rotatable bonds is 3. The van der Waals surface area contributed by atoms with Gasteiger partial charge in [0.2, 0.25) is 0 Å². The minimum Gasteiger partial charge on any atom is -0.478 e. The van der Waals surface area contributed by atoms with Crippen molar-refractivity contribution >= 4 is 17.9 Å². The van der Waals surface area contributed by atoms with Crippen LogP contribution in [0, 0.1) is 0 Å². The maximum Gasteiger partial charge on any atom is 0.335 e. The van der Waals surface area contributed by atoms with Crippen molar-refractivity contribution in [2.24, 2.45) is 0 Å². The fraction of sp³-hybridized carbons (Fsp3) is 0.188. The highest BCUT2D eigenvalue weighted by molar-refractivity contribution is 5.87. The van der Waals surface area contributed by atoms with Crippen LogP contribution in [0.1, 0.15) is 30.6 Å². The molecule has 0 heterocycles. The Bertz CT molecular complexity index is 433. The minimum atomic E-state index is -0.981. The Kier molecular flexibility index (Phi) is 19.9. The molecule has 0 unspecified atom stereocenters. The quantitative estimate of drug-likeness (QED) is 0.738. The first-order valence-corrected chi connectivity index (χ1v) is 6.25. The lowest BCUT2D eigenvalue weighted by Gasteiger charge is -1.88. The van der Waals surface area contributed by atoms with Gasteiger partial charge in [-0.25, -0.2) is 14.4 Å². The van der Waals surface area contributed by atoms with Crippen molar-refractivity contribution in [2.75, 3.05) is 0 Å². The van der Waals surface area contributed by atoms with Gasteiger partial charge in [0, 0.05) is 12.2 Å². The molecule has 0 aliphatic rings. The number of hydrogen-bond donors (Lipinski definition) is 3. The molecule has 0 bridgehead atoms. The van der Waals surface area contributed by atoms with Gasteiger partial charge in [0.15, 0.2) is 0 Å². The molecule has 0 atom stereocenters. The van der Waals surface area contributed by atoms with Crippen molar-refractivity contribution in [3.63, 3.8) is 0 Å². The lowest BCUT2D eigenvalue weighted by molar-refractivity contribution is -0.132. The van der Waals surface area contributed by atoms with E-state index >= 15 is 0 Å². The molecule has 122 valence electrons. The molecule has 6 heteroatoms. The number of carbonyl (C=O) groups is 3. The van der Waals surface area contributed by atoms with Gasteiger partial charge in [-0.2, -0.15) is 0 Å². The first kappa shape index (κ1) is 24.1. The van der Waals surface area contributed by atoms with Gasteiger partial charge in [-0.3, -0.25) is 0 Å². The number of hydrogen-bond acceptors (Lipinski definition) is 3. The molecule has 0 spiro atoms. The number of aliphatic carboxylic acids is 2. The second kappa shape index (κ2) is 18.1. The molecule has 1 aromatic carbocycles. The Balaban J connectivity index is -0.000000241. The third-order valence-electron chi connectivity index (χ3n) is 1.37. The maximum absolute atomic E-state index is 10.2. The summed E-state index contributed by atoms with van der Waals surface area (Å²) < 4.78 is 0. The van der Waals surface area contributed by atoms with E-state index in [4.69, 9.17) is 15.3 Å². The maximum atomic E-state index is 10.2. The van der Waals surface area contributed by atoms with Gasteiger partial charge in [-0.15, -0.1) is 0 Å². The summed E-state index contributed by atoms with van der Waals surface area (Å²) in [6.07, 6.45) is 2.92. The van der Waals surface area contributed by atoms with Crippen LogP contribution in [0.4, 0.5) is 0 Å². The predicted octanol–water partition coefficient (Wildman–Crippen LogP) is 3.32. The summed E-state index contributed by atoms with van der Waals surface area (Å²) >= 11 is 0. The van der Waals surface area contributed by atoms with Crippen molar-refractivity contribution in [3.05, 3.63) is 61.2 Å². The van der Waals surface area contributed by atoms with Crippen LogP contribution < -0.4 is 0 Å². The molecule has 1 rings (SSSR count).